The Morgan fingerprint density at radius 1 is 1.00 bits per heavy atom. The maximum absolute atomic E-state index is 12.2. The molecule has 0 aliphatic carbocycles. The van der Waals surface area contributed by atoms with Gasteiger partial charge in [-0.2, -0.15) is 13.2 Å². The molecule has 0 aromatic heterocycles. The van der Waals surface area contributed by atoms with Crippen LogP contribution in [0.25, 0.3) is 5.57 Å². The Morgan fingerprint density at radius 2 is 1.48 bits per heavy atom. The monoisotopic (exact) mass is 373 g/mol. The zero-order valence-corrected chi connectivity index (χ0v) is 14.6. The van der Waals surface area contributed by atoms with Crippen molar-refractivity contribution in [2.75, 3.05) is 0 Å². The molecule has 1 atom stereocenters. The van der Waals surface area contributed by atoms with E-state index in [9.17, 15) is 18.0 Å². The van der Waals surface area contributed by atoms with Gasteiger partial charge in [0, 0.05) is 5.41 Å². The number of carbonyl (C=O) groups is 1. The lowest BCUT2D eigenvalue weighted by Gasteiger charge is -2.19. The molecule has 0 aliphatic rings. The summed E-state index contributed by atoms with van der Waals surface area (Å²) in [7, 11) is 0. The van der Waals surface area contributed by atoms with Gasteiger partial charge in [-0.1, -0.05) is 78.0 Å². The summed E-state index contributed by atoms with van der Waals surface area (Å²) in [6.45, 7) is 5.41. The van der Waals surface area contributed by atoms with Crippen LogP contribution in [0.15, 0.2) is 84.6 Å². The summed E-state index contributed by atoms with van der Waals surface area (Å²) >= 11 is 0. The number of hydrogen-bond acceptors (Lipinski definition) is 3. The molecular weight excluding hydrogens is 355 g/mol. The number of nitrogens with zero attached hydrogens (tertiary/aromatic N) is 1. The minimum atomic E-state index is -5.10. The van der Waals surface area contributed by atoms with Crippen LogP contribution in [0.2, 0.25) is 0 Å². The normalized spacial score (nSPS) is 13.6. The van der Waals surface area contributed by atoms with Crippen LogP contribution in [0.5, 0.6) is 0 Å². The van der Waals surface area contributed by atoms with Crippen LogP contribution in [0, 0.1) is 5.41 Å². The topological polar surface area (TPSA) is 38.7 Å². The number of hydrogen-bond donors (Lipinski definition) is 0. The van der Waals surface area contributed by atoms with Crippen LogP contribution in [0.4, 0.5) is 13.2 Å². The minimum absolute atomic E-state index is 0.840. The Kier molecular flexibility index (Phi) is 6.34. The summed E-state index contributed by atoms with van der Waals surface area (Å²) in [5.41, 5.74) is 1.72. The van der Waals surface area contributed by atoms with E-state index >= 15 is 0 Å². The quantitative estimate of drug-likeness (QED) is 0.294. The van der Waals surface area contributed by atoms with E-state index < -0.39 is 17.6 Å². The molecule has 0 saturated carbocycles. The minimum Gasteiger partial charge on any atom is -0.309 e. The van der Waals surface area contributed by atoms with Gasteiger partial charge in [0.2, 0.25) is 0 Å². The van der Waals surface area contributed by atoms with Gasteiger partial charge in [0.1, 0.15) is 0 Å². The van der Waals surface area contributed by atoms with E-state index in [1.807, 2.05) is 60.7 Å². The smallest absolute Gasteiger partial charge is 0.309 e. The number of carbonyl (C=O) groups excluding carboxylic acids is 1. The lowest BCUT2D eigenvalue weighted by Crippen LogP contribution is -2.24. The lowest BCUT2D eigenvalue weighted by molar-refractivity contribution is -0.199. The van der Waals surface area contributed by atoms with Crippen LogP contribution in [-0.2, 0) is 9.63 Å². The lowest BCUT2D eigenvalue weighted by atomic mass is 9.85. The van der Waals surface area contributed by atoms with E-state index in [0.717, 1.165) is 22.9 Å². The third-order valence-corrected chi connectivity index (χ3v) is 3.76. The van der Waals surface area contributed by atoms with E-state index in [1.54, 1.807) is 13.0 Å². The van der Waals surface area contributed by atoms with E-state index in [4.69, 9.17) is 0 Å². The van der Waals surface area contributed by atoms with Crippen molar-refractivity contribution in [1.29, 1.82) is 0 Å². The second-order valence-electron chi connectivity index (χ2n) is 5.97. The molecule has 27 heavy (non-hydrogen) atoms. The fourth-order valence-electron chi connectivity index (χ4n) is 2.27. The molecule has 0 N–H and O–H groups in total. The van der Waals surface area contributed by atoms with Crippen LogP contribution in [0.3, 0.4) is 0 Å². The molecule has 0 bridgehead atoms. The zero-order chi connectivity index (χ0) is 19.9. The van der Waals surface area contributed by atoms with Crippen LogP contribution in [-0.4, -0.2) is 18.4 Å². The molecule has 3 nitrogen and oxygen atoms in total. The van der Waals surface area contributed by atoms with Gasteiger partial charge in [0.05, 0.1) is 6.21 Å². The molecule has 0 fully saturated rings. The predicted octanol–water partition coefficient (Wildman–Crippen LogP) is 5.40. The van der Waals surface area contributed by atoms with E-state index in [2.05, 4.69) is 16.6 Å². The highest BCUT2D eigenvalue weighted by Crippen LogP contribution is 2.30. The van der Waals surface area contributed by atoms with E-state index in [-0.39, 0.29) is 0 Å². The Balaban J connectivity index is 2.40. The van der Waals surface area contributed by atoms with Crippen molar-refractivity contribution in [3.8, 4) is 0 Å². The average Bonchev–Trinajstić information content (AvgIpc) is 2.67. The standard InChI is InChI=1S/C21H18F3NO2/c1-3-20(2,15-25-27-19(26)21(22,23)24)14-18(16-10-6-4-7-11-16)17-12-8-5-9-13-17/h3-15H,1H2,2H3/b25-15+. The van der Waals surface area contributed by atoms with Gasteiger partial charge < -0.3 is 4.84 Å². The first-order valence-electron chi connectivity index (χ1n) is 8.05. The Labute approximate surface area is 155 Å². The van der Waals surface area contributed by atoms with Crippen LogP contribution >= 0.6 is 0 Å². The van der Waals surface area contributed by atoms with Crippen molar-refractivity contribution in [3.63, 3.8) is 0 Å². The fourth-order valence-corrected chi connectivity index (χ4v) is 2.27. The highest BCUT2D eigenvalue weighted by Gasteiger charge is 2.41. The van der Waals surface area contributed by atoms with Crippen molar-refractivity contribution >= 4 is 17.8 Å². The summed E-state index contributed by atoms with van der Waals surface area (Å²) in [6.07, 6.45) is -0.689. The van der Waals surface area contributed by atoms with Crippen LogP contribution < -0.4 is 0 Å². The van der Waals surface area contributed by atoms with Crippen molar-refractivity contribution in [2.45, 2.75) is 13.1 Å². The molecule has 6 heteroatoms. The molecule has 1 unspecified atom stereocenters. The van der Waals surface area contributed by atoms with Gasteiger partial charge in [-0.3, -0.25) is 0 Å². The summed E-state index contributed by atoms with van der Waals surface area (Å²) in [5, 5.41) is 3.21. The van der Waals surface area contributed by atoms with Crippen molar-refractivity contribution in [2.24, 2.45) is 10.6 Å². The third kappa shape index (κ3) is 5.67. The van der Waals surface area contributed by atoms with E-state index in [1.165, 1.54) is 6.08 Å². The van der Waals surface area contributed by atoms with Crippen molar-refractivity contribution in [1.82, 2.24) is 0 Å². The summed E-state index contributed by atoms with van der Waals surface area (Å²) in [6, 6.07) is 19.0. The Morgan fingerprint density at radius 3 is 1.89 bits per heavy atom. The first kappa shape index (κ1) is 20.2. The number of oxime groups is 1. The Hall–Kier alpha value is -3.15. The molecule has 140 valence electrons. The maximum atomic E-state index is 12.2. The number of rotatable bonds is 6. The molecular formula is C21H18F3NO2. The Bertz CT molecular complexity index is 801. The molecule has 0 amide bonds. The molecule has 0 heterocycles. The molecule has 2 aromatic rings. The second-order valence-corrected chi connectivity index (χ2v) is 5.97. The van der Waals surface area contributed by atoms with Gasteiger partial charge >= 0.3 is 12.1 Å². The van der Waals surface area contributed by atoms with Gasteiger partial charge in [-0.05, 0) is 23.6 Å². The second kappa shape index (κ2) is 8.49. The van der Waals surface area contributed by atoms with Gasteiger partial charge in [0.15, 0.2) is 0 Å². The number of alkyl halides is 3. The molecule has 2 rings (SSSR count). The van der Waals surface area contributed by atoms with Crippen molar-refractivity contribution in [3.05, 3.63) is 90.5 Å². The summed E-state index contributed by atoms with van der Waals surface area (Å²) in [4.78, 5) is 14.7. The number of benzene rings is 2. The van der Waals surface area contributed by atoms with E-state index in [0.29, 0.717) is 0 Å². The number of allylic oxidation sites excluding steroid dienone is 2. The van der Waals surface area contributed by atoms with Gasteiger partial charge in [-0.25, -0.2) is 4.79 Å². The van der Waals surface area contributed by atoms with Gasteiger partial charge in [0.25, 0.3) is 0 Å². The largest absolute Gasteiger partial charge is 0.493 e. The molecule has 0 radical (unpaired) electrons. The van der Waals surface area contributed by atoms with Crippen molar-refractivity contribution < 1.29 is 22.8 Å². The molecule has 0 spiro atoms. The SMILES string of the molecule is C=CC(C)(C=C(c1ccccc1)c1ccccc1)/C=N/OC(=O)C(F)(F)F. The predicted molar refractivity (Wildman–Crippen MR) is 98.9 cm³/mol. The highest BCUT2D eigenvalue weighted by atomic mass is 19.4. The summed E-state index contributed by atoms with van der Waals surface area (Å²) in [5.74, 6) is -2.37. The highest BCUT2D eigenvalue weighted by molar-refractivity contribution is 5.85. The fraction of sp³-hybridized carbons (Fsp3) is 0.143. The first-order chi connectivity index (χ1) is 12.7. The zero-order valence-electron chi connectivity index (χ0n) is 14.6. The molecule has 0 saturated heterocycles. The first-order valence-corrected chi connectivity index (χ1v) is 8.05. The summed E-state index contributed by atoms with van der Waals surface area (Å²) < 4.78 is 36.7. The molecule has 0 aliphatic heterocycles. The number of halogens is 3. The maximum Gasteiger partial charge on any atom is 0.493 e. The average molecular weight is 373 g/mol. The molecule has 2 aromatic carbocycles. The van der Waals surface area contributed by atoms with Crippen LogP contribution in [0.1, 0.15) is 18.1 Å². The third-order valence-electron chi connectivity index (χ3n) is 3.76. The van der Waals surface area contributed by atoms with Gasteiger partial charge in [-0.15, -0.1) is 6.58 Å².